The van der Waals surface area contributed by atoms with Gasteiger partial charge in [-0.3, -0.25) is 19.4 Å². The average Bonchev–Trinajstić information content (AvgIpc) is 2.64. The number of rotatable bonds is 3. The zero-order chi connectivity index (χ0) is 15.7. The molecule has 6 heteroatoms. The molecule has 0 saturated carbocycles. The number of nitrogens with zero attached hydrogens (tertiary/aromatic N) is 3. The fourth-order valence-corrected chi connectivity index (χ4v) is 2.44. The molecule has 21 heavy (non-hydrogen) atoms. The molecule has 0 aromatic heterocycles. The molecule has 0 spiro atoms. The van der Waals surface area contributed by atoms with Crippen LogP contribution in [0, 0.1) is 0 Å². The summed E-state index contributed by atoms with van der Waals surface area (Å²) in [5.41, 5.74) is 0.701. The molecular weight excluding hydrogens is 334 g/mol. The van der Waals surface area contributed by atoms with Crippen molar-refractivity contribution in [3.8, 4) is 0 Å². The van der Waals surface area contributed by atoms with E-state index in [9.17, 15) is 9.59 Å². The van der Waals surface area contributed by atoms with Gasteiger partial charge in [-0.05, 0) is 52.0 Å². The molecule has 1 fully saturated rings. The first-order valence-electron chi connectivity index (χ1n) is 6.84. The Labute approximate surface area is 132 Å². The van der Waals surface area contributed by atoms with E-state index >= 15 is 0 Å². The molecule has 1 aliphatic rings. The van der Waals surface area contributed by atoms with Gasteiger partial charge in [-0.25, -0.2) is 4.99 Å². The molecule has 0 bridgehead atoms. The van der Waals surface area contributed by atoms with Crippen LogP contribution in [-0.2, 0) is 9.59 Å². The Morgan fingerprint density at radius 3 is 1.71 bits per heavy atom. The molecule has 0 atom stereocenters. The summed E-state index contributed by atoms with van der Waals surface area (Å²) < 4.78 is 0.950. The third-order valence-corrected chi connectivity index (χ3v) is 3.67. The number of carbonyl (C=O) groups is 2. The minimum absolute atomic E-state index is 0.126. The van der Waals surface area contributed by atoms with Crippen LogP contribution < -0.4 is 0 Å². The van der Waals surface area contributed by atoms with Gasteiger partial charge in [0.2, 0.25) is 5.96 Å². The lowest BCUT2D eigenvalue weighted by atomic mass is 10.3. The lowest BCUT2D eigenvalue weighted by Crippen LogP contribution is -2.41. The molecule has 1 aliphatic heterocycles. The van der Waals surface area contributed by atoms with Gasteiger partial charge in [-0.1, -0.05) is 15.9 Å². The van der Waals surface area contributed by atoms with Crippen LogP contribution in [0.2, 0.25) is 0 Å². The van der Waals surface area contributed by atoms with Gasteiger partial charge in [-0.2, -0.15) is 0 Å². The number of aliphatic imine (C=N–C) groups is 1. The maximum atomic E-state index is 12.2. The van der Waals surface area contributed by atoms with Crippen molar-refractivity contribution >= 4 is 39.4 Å². The summed E-state index contributed by atoms with van der Waals surface area (Å²) in [6.07, 6.45) is 0. The Hall–Kier alpha value is -1.69. The van der Waals surface area contributed by atoms with Gasteiger partial charge in [0.05, 0.1) is 5.69 Å². The molecule has 1 aromatic rings. The summed E-state index contributed by atoms with van der Waals surface area (Å²) in [6, 6.07) is 7.16. The van der Waals surface area contributed by atoms with E-state index in [1.807, 2.05) is 52.0 Å². The third kappa shape index (κ3) is 3.00. The van der Waals surface area contributed by atoms with Gasteiger partial charge in [0, 0.05) is 16.6 Å². The number of hydrogen-bond donors (Lipinski definition) is 0. The fraction of sp³-hybridized carbons (Fsp3) is 0.400. The Kier molecular flexibility index (Phi) is 4.46. The standard InChI is InChI=1S/C15H18BrN3O2/c1-9(2)18-13(20)14(21)19(10(3)4)15(18)17-12-7-5-11(16)6-8-12/h5-10H,1-4H3. The van der Waals surface area contributed by atoms with Crippen molar-refractivity contribution in [2.45, 2.75) is 39.8 Å². The summed E-state index contributed by atoms with van der Waals surface area (Å²) in [6.45, 7) is 7.47. The van der Waals surface area contributed by atoms with Crippen molar-refractivity contribution in [3.63, 3.8) is 0 Å². The second-order valence-corrected chi connectivity index (χ2v) is 6.34. The van der Waals surface area contributed by atoms with Crippen LogP contribution in [0.25, 0.3) is 0 Å². The number of benzene rings is 1. The smallest absolute Gasteiger partial charge is 0.271 e. The molecule has 1 saturated heterocycles. The highest BCUT2D eigenvalue weighted by Gasteiger charge is 2.45. The summed E-state index contributed by atoms with van der Waals surface area (Å²) in [4.78, 5) is 31.7. The lowest BCUT2D eigenvalue weighted by molar-refractivity contribution is -0.144. The second-order valence-electron chi connectivity index (χ2n) is 5.43. The minimum atomic E-state index is -0.519. The van der Waals surface area contributed by atoms with Crippen LogP contribution in [0.1, 0.15) is 27.7 Å². The summed E-state index contributed by atoms with van der Waals surface area (Å²) in [5, 5.41) is 0. The highest BCUT2D eigenvalue weighted by atomic mass is 79.9. The van der Waals surface area contributed by atoms with Crippen LogP contribution in [0.15, 0.2) is 33.7 Å². The predicted molar refractivity (Wildman–Crippen MR) is 85.2 cm³/mol. The second kappa shape index (κ2) is 5.97. The SMILES string of the molecule is CC(C)N1C(=O)C(=O)N(C(C)C)C1=Nc1ccc(Br)cc1. The summed E-state index contributed by atoms with van der Waals surface area (Å²) in [5.74, 6) is -0.638. The van der Waals surface area contributed by atoms with Gasteiger partial charge >= 0.3 is 11.8 Å². The Balaban J connectivity index is 2.50. The van der Waals surface area contributed by atoms with Gasteiger partial charge < -0.3 is 0 Å². The van der Waals surface area contributed by atoms with E-state index in [0.29, 0.717) is 11.6 Å². The van der Waals surface area contributed by atoms with Crippen LogP contribution in [-0.4, -0.2) is 39.7 Å². The molecule has 2 amide bonds. The first kappa shape index (κ1) is 15.7. The van der Waals surface area contributed by atoms with Crippen molar-refractivity contribution in [1.29, 1.82) is 0 Å². The Morgan fingerprint density at radius 1 is 0.905 bits per heavy atom. The minimum Gasteiger partial charge on any atom is -0.271 e. The number of guanidine groups is 1. The van der Waals surface area contributed by atoms with E-state index in [1.165, 1.54) is 9.80 Å². The normalized spacial score (nSPS) is 15.7. The topological polar surface area (TPSA) is 53.0 Å². The van der Waals surface area contributed by atoms with E-state index in [2.05, 4.69) is 20.9 Å². The first-order valence-corrected chi connectivity index (χ1v) is 7.63. The molecular formula is C15H18BrN3O2. The maximum Gasteiger partial charge on any atom is 0.319 e. The van der Waals surface area contributed by atoms with Crippen LogP contribution in [0.4, 0.5) is 5.69 Å². The van der Waals surface area contributed by atoms with E-state index in [-0.39, 0.29) is 12.1 Å². The van der Waals surface area contributed by atoms with Crippen LogP contribution in [0.5, 0.6) is 0 Å². The van der Waals surface area contributed by atoms with Crippen LogP contribution in [0.3, 0.4) is 0 Å². The summed E-state index contributed by atoms with van der Waals surface area (Å²) in [7, 11) is 0. The summed E-state index contributed by atoms with van der Waals surface area (Å²) >= 11 is 3.37. The monoisotopic (exact) mass is 351 g/mol. The van der Waals surface area contributed by atoms with E-state index < -0.39 is 11.8 Å². The quantitative estimate of drug-likeness (QED) is 0.786. The molecule has 0 aliphatic carbocycles. The fourth-order valence-electron chi connectivity index (χ4n) is 2.17. The lowest BCUT2D eigenvalue weighted by Gasteiger charge is -2.25. The van der Waals surface area contributed by atoms with Crippen molar-refractivity contribution in [3.05, 3.63) is 28.7 Å². The van der Waals surface area contributed by atoms with E-state index in [1.54, 1.807) is 0 Å². The predicted octanol–water partition coefficient (Wildman–Crippen LogP) is 2.92. The Morgan fingerprint density at radius 2 is 1.33 bits per heavy atom. The van der Waals surface area contributed by atoms with Gasteiger partial charge in [0.15, 0.2) is 0 Å². The largest absolute Gasteiger partial charge is 0.319 e. The zero-order valence-electron chi connectivity index (χ0n) is 12.5. The molecule has 1 heterocycles. The molecule has 0 N–H and O–H groups in total. The first-order chi connectivity index (χ1) is 9.82. The van der Waals surface area contributed by atoms with Gasteiger partial charge in [0.1, 0.15) is 0 Å². The number of amides is 2. The van der Waals surface area contributed by atoms with Crippen molar-refractivity contribution in [1.82, 2.24) is 9.80 Å². The van der Waals surface area contributed by atoms with Crippen molar-refractivity contribution in [2.24, 2.45) is 4.99 Å². The zero-order valence-corrected chi connectivity index (χ0v) is 14.1. The van der Waals surface area contributed by atoms with Gasteiger partial charge in [0.25, 0.3) is 0 Å². The molecule has 2 rings (SSSR count). The third-order valence-electron chi connectivity index (χ3n) is 3.14. The molecule has 1 aromatic carbocycles. The molecule has 5 nitrogen and oxygen atoms in total. The molecule has 0 radical (unpaired) electrons. The number of hydrogen-bond acceptors (Lipinski definition) is 3. The number of carbonyl (C=O) groups excluding carboxylic acids is 2. The van der Waals surface area contributed by atoms with E-state index in [0.717, 1.165) is 4.47 Å². The highest BCUT2D eigenvalue weighted by Crippen LogP contribution is 2.23. The van der Waals surface area contributed by atoms with E-state index in [4.69, 9.17) is 0 Å². The highest BCUT2D eigenvalue weighted by molar-refractivity contribution is 9.10. The Bertz CT molecular complexity index is 565. The average molecular weight is 352 g/mol. The maximum absolute atomic E-state index is 12.2. The van der Waals surface area contributed by atoms with Crippen molar-refractivity contribution < 1.29 is 9.59 Å². The number of halogens is 1. The molecule has 112 valence electrons. The van der Waals surface area contributed by atoms with Gasteiger partial charge in [-0.15, -0.1) is 0 Å². The van der Waals surface area contributed by atoms with Crippen molar-refractivity contribution in [2.75, 3.05) is 0 Å². The molecule has 0 unspecified atom stereocenters. The van der Waals surface area contributed by atoms with Crippen LogP contribution >= 0.6 is 15.9 Å².